The van der Waals surface area contributed by atoms with Gasteiger partial charge in [0.05, 0.1) is 15.4 Å². The molecule has 0 aliphatic heterocycles. The molecule has 0 amide bonds. The monoisotopic (exact) mass is 356 g/mol. The Hall–Kier alpha value is -2.98. The summed E-state index contributed by atoms with van der Waals surface area (Å²) in [5, 5.41) is 26.2. The molecule has 3 rings (SSSR count). The number of allylic oxidation sites excluding steroid dienone is 2. The molecule has 2 aliphatic carbocycles. The first-order valence-corrected chi connectivity index (χ1v) is 7.21. The molecule has 1 N–H and O–H groups in total. The van der Waals surface area contributed by atoms with Gasteiger partial charge in [-0.15, -0.1) is 0 Å². The predicted molar refractivity (Wildman–Crippen MR) is 81.2 cm³/mol. The highest BCUT2D eigenvalue weighted by Crippen LogP contribution is 2.43. The molecule has 0 saturated heterocycles. The molecular weight excluding hydrogens is 345 g/mol. The standard InChI is InChI=1S/C14H11F3N4O4/c15-14(16,17)8-5-11(20(22)23)13(12(6-8)21(24)25)19-18-10-4-7-2-1-3-9(7)10/h1,3,5-7,9,19H,2,4H2/b18-10-/t7-,9+/m1/s1. The molecule has 0 radical (unpaired) electrons. The lowest BCUT2D eigenvalue weighted by molar-refractivity contribution is -0.392. The molecule has 132 valence electrons. The minimum atomic E-state index is -4.95. The van der Waals surface area contributed by atoms with Gasteiger partial charge >= 0.3 is 17.6 Å². The van der Waals surface area contributed by atoms with E-state index in [1.807, 2.05) is 12.2 Å². The highest BCUT2D eigenvalue weighted by molar-refractivity contribution is 5.95. The molecule has 8 nitrogen and oxygen atoms in total. The number of fused-ring (bicyclic) bond motifs is 1. The van der Waals surface area contributed by atoms with Crippen LogP contribution < -0.4 is 5.43 Å². The Morgan fingerprint density at radius 1 is 1.16 bits per heavy atom. The molecule has 0 aromatic heterocycles. The molecule has 1 fully saturated rings. The normalized spacial score (nSPS) is 23.2. The van der Waals surface area contributed by atoms with Crippen molar-refractivity contribution in [2.75, 3.05) is 5.43 Å². The van der Waals surface area contributed by atoms with Crippen LogP contribution in [0.15, 0.2) is 29.4 Å². The van der Waals surface area contributed by atoms with Crippen LogP contribution in [0.5, 0.6) is 0 Å². The number of rotatable bonds is 4. The zero-order valence-electron chi connectivity index (χ0n) is 12.5. The number of hydrogen-bond acceptors (Lipinski definition) is 6. The number of nitrogens with one attached hydrogen (secondary N) is 1. The smallest absolute Gasteiger partial charge is 0.266 e. The van der Waals surface area contributed by atoms with Gasteiger partial charge in [0.1, 0.15) is 0 Å². The zero-order valence-corrected chi connectivity index (χ0v) is 12.5. The third-order valence-electron chi connectivity index (χ3n) is 4.27. The third-order valence-corrected chi connectivity index (χ3v) is 4.27. The van der Waals surface area contributed by atoms with Crippen molar-refractivity contribution in [1.29, 1.82) is 0 Å². The van der Waals surface area contributed by atoms with Crippen LogP contribution in [0.3, 0.4) is 0 Å². The Morgan fingerprint density at radius 3 is 2.24 bits per heavy atom. The minimum Gasteiger partial charge on any atom is -0.266 e. The summed E-state index contributed by atoms with van der Waals surface area (Å²) in [4.78, 5) is 20.0. The van der Waals surface area contributed by atoms with E-state index in [1.165, 1.54) is 0 Å². The zero-order chi connectivity index (χ0) is 18.4. The maximum absolute atomic E-state index is 12.8. The summed E-state index contributed by atoms with van der Waals surface area (Å²) in [6.45, 7) is 0. The lowest BCUT2D eigenvalue weighted by Crippen LogP contribution is -2.33. The fourth-order valence-corrected chi connectivity index (χ4v) is 2.97. The number of hydrogen-bond donors (Lipinski definition) is 1. The van der Waals surface area contributed by atoms with Crippen molar-refractivity contribution in [3.05, 3.63) is 50.1 Å². The first-order chi connectivity index (χ1) is 11.7. The lowest BCUT2D eigenvalue weighted by atomic mass is 9.74. The topological polar surface area (TPSA) is 111 Å². The largest absolute Gasteiger partial charge is 0.416 e. The van der Waals surface area contributed by atoms with E-state index < -0.39 is 38.6 Å². The number of anilines is 1. The molecule has 0 bridgehead atoms. The van der Waals surface area contributed by atoms with Gasteiger partial charge in [-0.05, 0) is 18.8 Å². The van der Waals surface area contributed by atoms with Crippen LogP contribution in [0.1, 0.15) is 18.4 Å². The molecule has 11 heteroatoms. The first kappa shape index (κ1) is 16.9. The van der Waals surface area contributed by atoms with Gasteiger partial charge in [0, 0.05) is 23.8 Å². The van der Waals surface area contributed by atoms with Crippen LogP contribution in [0.25, 0.3) is 0 Å². The average molecular weight is 356 g/mol. The van der Waals surface area contributed by atoms with Gasteiger partial charge in [-0.1, -0.05) is 12.2 Å². The number of nitro groups is 2. The molecule has 0 spiro atoms. The molecule has 1 saturated carbocycles. The van der Waals surface area contributed by atoms with Crippen LogP contribution in [-0.4, -0.2) is 15.6 Å². The van der Waals surface area contributed by atoms with Crippen LogP contribution in [0.4, 0.5) is 30.2 Å². The number of nitrogens with zero attached hydrogens (tertiary/aromatic N) is 3. The molecular formula is C14H11F3N4O4. The van der Waals surface area contributed by atoms with Crippen molar-refractivity contribution >= 4 is 22.8 Å². The van der Waals surface area contributed by atoms with Gasteiger partial charge in [0.25, 0.3) is 0 Å². The highest BCUT2D eigenvalue weighted by Gasteiger charge is 2.40. The SMILES string of the molecule is O=[N+]([O-])c1cc(C(F)(F)F)cc([N+](=O)[O-])c1N/N=C1/C[C@H]2CC=C[C@H]12. The van der Waals surface area contributed by atoms with E-state index in [0.717, 1.165) is 6.42 Å². The summed E-state index contributed by atoms with van der Waals surface area (Å²) in [6.07, 6.45) is 0.470. The van der Waals surface area contributed by atoms with Crippen molar-refractivity contribution in [3.8, 4) is 0 Å². The van der Waals surface area contributed by atoms with Crippen LogP contribution >= 0.6 is 0 Å². The molecule has 25 heavy (non-hydrogen) atoms. The Balaban J connectivity index is 2.01. The fraction of sp³-hybridized carbons (Fsp3) is 0.357. The van der Waals surface area contributed by atoms with Gasteiger partial charge in [-0.3, -0.25) is 25.7 Å². The third kappa shape index (κ3) is 3.04. The lowest BCUT2D eigenvalue weighted by Gasteiger charge is -2.31. The average Bonchev–Trinajstić information content (AvgIpc) is 2.86. The predicted octanol–water partition coefficient (Wildman–Crippen LogP) is 3.89. The highest BCUT2D eigenvalue weighted by atomic mass is 19.4. The molecule has 1 aromatic rings. The second-order valence-electron chi connectivity index (χ2n) is 5.77. The van der Waals surface area contributed by atoms with Gasteiger partial charge < -0.3 is 0 Å². The maximum Gasteiger partial charge on any atom is 0.416 e. The number of alkyl halides is 3. The number of nitro benzene ring substituents is 2. The summed E-state index contributed by atoms with van der Waals surface area (Å²) in [5.74, 6) is 0.471. The van der Waals surface area contributed by atoms with Crippen LogP contribution in [0.2, 0.25) is 0 Å². The molecule has 1 aromatic carbocycles. The summed E-state index contributed by atoms with van der Waals surface area (Å²) in [7, 11) is 0. The van der Waals surface area contributed by atoms with Gasteiger partial charge in [0.15, 0.2) is 0 Å². The van der Waals surface area contributed by atoms with E-state index in [-0.39, 0.29) is 18.1 Å². The van der Waals surface area contributed by atoms with Crippen molar-refractivity contribution in [1.82, 2.24) is 0 Å². The minimum absolute atomic E-state index is 0.0695. The molecule has 2 aliphatic rings. The Bertz CT molecular complexity index is 784. The van der Waals surface area contributed by atoms with E-state index in [0.29, 0.717) is 18.1 Å². The van der Waals surface area contributed by atoms with E-state index in [2.05, 4.69) is 10.5 Å². The first-order valence-electron chi connectivity index (χ1n) is 7.21. The van der Waals surface area contributed by atoms with Crippen LogP contribution in [0, 0.1) is 32.1 Å². The van der Waals surface area contributed by atoms with E-state index >= 15 is 0 Å². The number of halogens is 3. The molecule has 0 unspecified atom stereocenters. The molecule has 0 heterocycles. The van der Waals surface area contributed by atoms with Crippen molar-refractivity contribution in [3.63, 3.8) is 0 Å². The molecule has 2 atom stereocenters. The fourth-order valence-electron chi connectivity index (χ4n) is 2.97. The summed E-state index contributed by atoms with van der Waals surface area (Å²) < 4.78 is 38.5. The second kappa shape index (κ2) is 5.83. The maximum atomic E-state index is 12.8. The number of benzene rings is 1. The van der Waals surface area contributed by atoms with E-state index in [4.69, 9.17) is 0 Å². The van der Waals surface area contributed by atoms with E-state index in [9.17, 15) is 33.4 Å². The number of hydrazone groups is 1. The Labute approximate surface area is 138 Å². The van der Waals surface area contributed by atoms with Crippen LogP contribution in [-0.2, 0) is 6.18 Å². The quantitative estimate of drug-likeness (QED) is 0.500. The Kier molecular flexibility index (Phi) is 3.93. The van der Waals surface area contributed by atoms with Crippen molar-refractivity contribution in [2.45, 2.75) is 19.0 Å². The summed E-state index contributed by atoms with van der Waals surface area (Å²) in [5.41, 5.74) is -1.34. The summed E-state index contributed by atoms with van der Waals surface area (Å²) in [6, 6.07) is 0.517. The van der Waals surface area contributed by atoms with Crippen molar-refractivity contribution in [2.24, 2.45) is 16.9 Å². The van der Waals surface area contributed by atoms with Gasteiger partial charge in [-0.25, -0.2) is 0 Å². The van der Waals surface area contributed by atoms with Gasteiger partial charge in [-0.2, -0.15) is 18.3 Å². The summed E-state index contributed by atoms with van der Waals surface area (Å²) >= 11 is 0. The van der Waals surface area contributed by atoms with E-state index in [1.54, 1.807) is 0 Å². The van der Waals surface area contributed by atoms with Gasteiger partial charge in [0.2, 0.25) is 5.69 Å². The Morgan fingerprint density at radius 2 is 1.76 bits per heavy atom. The second-order valence-corrected chi connectivity index (χ2v) is 5.77. The van der Waals surface area contributed by atoms with Crippen molar-refractivity contribution < 1.29 is 23.0 Å².